The topological polar surface area (TPSA) is 71.0 Å². The lowest BCUT2D eigenvalue weighted by Gasteiger charge is -2.13. The molecule has 1 fully saturated rings. The molecular formula is C7H16NO3S+. The monoisotopic (exact) mass is 194 g/mol. The zero-order valence-corrected chi connectivity index (χ0v) is 8.21. The zero-order valence-electron chi connectivity index (χ0n) is 7.40. The number of rotatable bonds is 2. The molecular weight excluding hydrogens is 178 g/mol. The Kier molecular flexibility index (Phi) is 2.75. The van der Waals surface area contributed by atoms with Gasteiger partial charge in [0.25, 0.3) is 0 Å². The summed E-state index contributed by atoms with van der Waals surface area (Å²) < 4.78 is 22.1. The highest BCUT2D eigenvalue weighted by Crippen LogP contribution is 2.09. The number of quaternary nitrogens is 1. The molecule has 1 aliphatic rings. The van der Waals surface area contributed by atoms with Crippen molar-refractivity contribution in [2.75, 3.05) is 11.5 Å². The van der Waals surface area contributed by atoms with Gasteiger partial charge in [-0.15, -0.1) is 0 Å². The largest absolute Gasteiger partial charge is 0.386 e. The van der Waals surface area contributed by atoms with Crippen molar-refractivity contribution >= 4 is 9.84 Å². The Bertz CT molecular complexity index is 247. The molecule has 0 aliphatic carbocycles. The van der Waals surface area contributed by atoms with Gasteiger partial charge in [0.15, 0.2) is 9.84 Å². The second-order valence-electron chi connectivity index (χ2n) is 3.74. The molecule has 4 nitrogen and oxygen atoms in total. The first kappa shape index (κ1) is 9.95. The number of sulfone groups is 1. The minimum Gasteiger partial charge on any atom is -0.386 e. The van der Waals surface area contributed by atoms with E-state index in [2.05, 4.69) is 0 Å². The van der Waals surface area contributed by atoms with Gasteiger partial charge in [0, 0.05) is 0 Å². The SMILES string of the molecule is CC(C)[NH2+][C@H]1CS(=O)(=O)C[C@@H]1O. The third-order valence-electron chi connectivity index (χ3n) is 2.00. The fraction of sp³-hybridized carbons (Fsp3) is 1.00. The van der Waals surface area contributed by atoms with Gasteiger partial charge >= 0.3 is 0 Å². The van der Waals surface area contributed by atoms with E-state index in [4.69, 9.17) is 0 Å². The van der Waals surface area contributed by atoms with E-state index in [-0.39, 0.29) is 17.5 Å². The molecule has 72 valence electrons. The van der Waals surface area contributed by atoms with Crippen molar-refractivity contribution in [2.24, 2.45) is 0 Å². The van der Waals surface area contributed by atoms with E-state index in [1.54, 1.807) is 0 Å². The molecule has 0 bridgehead atoms. The van der Waals surface area contributed by atoms with Gasteiger partial charge < -0.3 is 10.4 Å². The predicted molar refractivity (Wildman–Crippen MR) is 45.5 cm³/mol. The molecule has 0 aromatic rings. The summed E-state index contributed by atoms with van der Waals surface area (Å²) in [5.41, 5.74) is 0. The maximum absolute atomic E-state index is 11.1. The van der Waals surface area contributed by atoms with E-state index in [1.807, 2.05) is 19.2 Å². The Hall–Kier alpha value is -0.130. The quantitative estimate of drug-likeness (QED) is 0.540. The van der Waals surface area contributed by atoms with Crippen LogP contribution in [0.5, 0.6) is 0 Å². The van der Waals surface area contributed by atoms with Crippen molar-refractivity contribution in [3.63, 3.8) is 0 Å². The van der Waals surface area contributed by atoms with Crippen LogP contribution < -0.4 is 5.32 Å². The van der Waals surface area contributed by atoms with Gasteiger partial charge in [-0.1, -0.05) is 0 Å². The fourth-order valence-electron chi connectivity index (χ4n) is 1.53. The Balaban J connectivity index is 2.58. The molecule has 0 radical (unpaired) electrons. The first-order valence-electron chi connectivity index (χ1n) is 4.14. The maximum Gasteiger partial charge on any atom is 0.159 e. The first-order valence-corrected chi connectivity index (χ1v) is 5.96. The summed E-state index contributed by atoms with van der Waals surface area (Å²) in [4.78, 5) is 0. The van der Waals surface area contributed by atoms with Crippen molar-refractivity contribution in [1.82, 2.24) is 0 Å². The highest BCUT2D eigenvalue weighted by atomic mass is 32.2. The predicted octanol–water partition coefficient (Wildman–Crippen LogP) is -1.88. The highest BCUT2D eigenvalue weighted by molar-refractivity contribution is 7.91. The average molecular weight is 194 g/mol. The van der Waals surface area contributed by atoms with Crippen molar-refractivity contribution in [3.05, 3.63) is 0 Å². The van der Waals surface area contributed by atoms with Crippen LogP contribution in [0.2, 0.25) is 0 Å². The summed E-state index contributed by atoms with van der Waals surface area (Å²) in [6.45, 7) is 3.97. The van der Waals surface area contributed by atoms with Crippen LogP contribution in [0.1, 0.15) is 13.8 Å². The second kappa shape index (κ2) is 3.32. The van der Waals surface area contributed by atoms with Crippen LogP contribution >= 0.6 is 0 Å². The molecule has 12 heavy (non-hydrogen) atoms. The van der Waals surface area contributed by atoms with Gasteiger partial charge in [0.1, 0.15) is 17.9 Å². The minimum absolute atomic E-state index is 0.0686. The summed E-state index contributed by atoms with van der Waals surface area (Å²) in [6, 6.07) is 0.174. The lowest BCUT2D eigenvalue weighted by molar-refractivity contribution is -0.716. The van der Waals surface area contributed by atoms with E-state index < -0.39 is 15.9 Å². The van der Waals surface area contributed by atoms with Crippen LogP contribution in [-0.4, -0.2) is 43.2 Å². The molecule has 1 aliphatic heterocycles. The number of aliphatic hydroxyl groups is 1. The van der Waals surface area contributed by atoms with Crippen LogP contribution in [-0.2, 0) is 9.84 Å². The normalized spacial score (nSPS) is 34.3. The second-order valence-corrected chi connectivity index (χ2v) is 5.90. The van der Waals surface area contributed by atoms with Crippen molar-refractivity contribution < 1.29 is 18.8 Å². The molecule has 0 aromatic carbocycles. The molecule has 3 N–H and O–H groups in total. The van der Waals surface area contributed by atoms with Crippen LogP contribution in [0.3, 0.4) is 0 Å². The zero-order chi connectivity index (χ0) is 9.35. The lowest BCUT2D eigenvalue weighted by atomic mass is 10.2. The van der Waals surface area contributed by atoms with E-state index >= 15 is 0 Å². The summed E-state index contributed by atoms with van der Waals surface area (Å²) in [5.74, 6) is 0.0488. The molecule has 0 spiro atoms. The van der Waals surface area contributed by atoms with E-state index in [1.165, 1.54) is 0 Å². The summed E-state index contributed by atoms with van der Waals surface area (Å²) in [6.07, 6.45) is -0.683. The summed E-state index contributed by atoms with van der Waals surface area (Å²) >= 11 is 0. The van der Waals surface area contributed by atoms with Crippen LogP contribution in [0.15, 0.2) is 0 Å². The van der Waals surface area contributed by atoms with Gasteiger partial charge in [-0.3, -0.25) is 0 Å². The van der Waals surface area contributed by atoms with Crippen molar-refractivity contribution in [3.8, 4) is 0 Å². The molecule has 0 amide bonds. The van der Waals surface area contributed by atoms with Crippen LogP contribution in [0.25, 0.3) is 0 Å². The standard InChI is InChI=1S/C7H15NO3S/c1-5(2)8-6-3-12(10,11)4-7(6)9/h5-9H,3-4H2,1-2H3/p+1/t6-,7-/m0/s1. The van der Waals surface area contributed by atoms with Gasteiger partial charge in [-0.25, -0.2) is 8.42 Å². The number of hydrogen-bond acceptors (Lipinski definition) is 3. The molecule has 2 atom stereocenters. The van der Waals surface area contributed by atoms with Gasteiger partial charge in [-0.2, -0.15) is 0 Å². The Morgan fingerprint density at radius 2 is 2.00 bits per heavy atom. The molecule has 0 saturated carbocycles. The number of aliphatic hydroxyl groups excluding tert-OH is 1. The molecule has 1 saturated heterocycles. The van der Waals surface area contributed by atoms with Crippen molar-refractivity contribution in [2.45, 2.75) is 32.0 Å². The fourth-order valence-corrected chi connectivity index (χ4v) is 3.36. The van der Waals surface area contributed by atoms with E-state index in [0.717, 1.165) is 0 Å². The van der Waals surface area contributed by atoms with Crippen LogP contribution in [0, 0.1) is 0 Å². The lowest BCUT2D eigenvalue weighted by Crippen LogP contribution is -2.96. The third-order valence-corrected chi connectivity index (χ3v) is 3.74. The smallest absolute Gasteiger partial charge is 0.159 e. The molecule has 0 unspecified atom stereocenters. The molecule has 5 heteroatoms. The Morgan fingerprint density at radius 1 is 1.42 bits per heavy atom. The Labute approximate surface area is 72.9 Å². The number of hydrogen-bond donors (Lipinski definition) is 2. The maximum atomic E-state index is 11.1. The summed E-state index contributed by atoms with van der Waals surface area (Å²) in [7, 11) is -2.97. The van der Waals surface area contributed by atoms with E-state index in [0.29, 0.717) is 6.04 Å². The van der Waals surface area contributed by atoms with Gasteiger partial charge in [-0.05, 0) is 13.8 Å². The number of nitrogens with two attached hydrogens (primary N) is 1. The molecule has 0 aromatic heterocycles. The highest BCUT2D eigenvalue weighted by Gasteiger charge is 2.39. The molecule has 1 heterocycles. The molecule has 1 rings (SSSR count). The Morgan fingerprint density at radius 3 is 2.33 bits per heavy atom. The summed E-state index contributed by atoms with van der Waals surface area (Å²) in [5, 5.41) is 11.3. The van der Waals surface area contributed by atoms with Gasteiger partial charge in [0.2, 0.25) is 0 Å². The van der Waals surface area contributed by atoms with Crippen LogP contribution in [0.4, 0.5) is 0 Å². The van der Waals surface area contributed by atoms with Crippen molar-refractivity contribution in [1.29, 1.82) is 0 Å². The first-order chi connectivity index (χ1) is 5.41. The third kappa shape index (κ3) is 2.43. The van der Waals surface area contributed by atoms with E-state index in [9.17, 15) is 13.5 Å². The van der Waals surface area contributed by atoms with Gasteiger partial charge in [0.05, 0.1) is 11.8 Å². The minimum atomic E-state index is -2.97. The average Bonchev–Trinajstić information content (AvgIpc) is 2.03.